The van der Waals surface area contributed by atoms with Gasteiger partial charge in [0.1, 0.15) is 0 Å². The van der Waals surface area contributed by atoms with Crippen LogP contribution in [-0.4, -0.2) is 45.2 Å². The molecule has 1 aromatic rings. The average Bonchev–Trinajstić information content (AvgIpc) is 2.50. The van der Waals surface area contributed by atoms with E-state index in [1.807, 2.05) is 5.32 Å². The third-order valence-corrected chi connectivity index (χ3v) is 2.52. The molecule has 0 fully saturated rings. The number of halogens is 3. The van der Waals surface area contributed by atoms with E-state index >= 15 is 0 Å². The highest BCUT2D eigenvalue weighted by molar-refractivity contribution is 5.94. The third kappa shape index (κ3) is 5.70. The Labute approximate surface area is 125 Å². The molecule has 0 saturated carbocycles. The molecule has 1 rings (SSSR count). The first-order valence-corrected chi connectivity index (χ1v) is 6.35. The van der Waals surface area contributed by atoms with E-state index in [0.717, 1.165) is 6.07 Å². The fraction of sp³-hybridized carbons (Fsp3) is 0.385. The summed E-state index contributed by atoms with van der Waals surface area (Å²) in [6.07, 6.45) is 0. The SMILES string of the molecule is COCCNCC(=O)NCC(=O)Nc1ccc(F)c(F)c1F. The molecule has 0 unspecified atom stereocenters. The zero-order valence-electron chi connectivity index (χ0n) is 11.8. The van der Waals surface area contributed by atoms with Crippen molar-refractivity contribution in [1.29, 1.82) is 0 Å². The van der Waals surface area contributed by atoms with Crippen molar-refractivity contribution in [2.24, 2.45) is 0 Å². The van der Waals surface area contributed by atoms with Crippen molar-refractivity contribution in [3.63, 3.8) is 0 Å². The summed E-state index contributed by atoms with van der Waals surface area (Å²) in [4.78, 5) is 22.8. The van der Waals surface area contributed by atoms with Crippen molar-refractivity contribution in [2.45, 2.75) is 0 Å². The maximum Gasteiger partial charge on any atom is 0.243 e. The summed E-state index contributed by atoms with van der Waals surface area (Å²) in [6, 6.07) is 1.58. The Balaban J connectivity index is 2.38. The number of carbonyl (C=O) groups is 2. The fourth-order valence-electron chi connectivity index (χ4n) is 1.43. The molecule has 0 spiro atoms. The maximum atomic E-state index is 13.3. The maximum absolute atomic E-state index is 13.3. The van der Waals surface area contributed by atoms with Crippen LogP contribution in [0.4, 0.5) is 18.9 Å². The molecule has 0 heterocycles. The number of methoxy groups -OCH3 is 1. The van der Waals surface area contributed by atoms with Gasteiger partial charge in [-0.2, -0.15) is 0 Å². The minimum atomic E-state index is -1.68. The van der Waals surface area contributed by atoms with Gasteiger partial charge in [0.05, 0.1) is 25.4 Å². The minimum absolute atomic E-state index is 0.0177. The zero-order valence-corrected chi connectivity index (χ0v) is 11.8. The van der Waals surface area contributed by atoms with E-state index < -0.39 is 41.5 Å². The third-order valence-electron chi connectivity index (χ3n) is 2.52. The number of carbonyl (C=O) groups excluding carboxylic acids is 2. The molecule has 0 bridgehead atoms. The van der Waals surface area contributed by atoms with Crippen LogP contribution in [0.1, 0.15) is 0 Å². The van der Waals surface area contributed by atoms with Crippen LogP contribution in [0.25, 0.3) is 0 Å². The lowest BCUT2D eigenvalue weighted by molar-refractivity contribution is -0.123. The number of hydrogen-bond donors (Lipinski definition) is 3. The molecule has 22 heavy (non-hydrogen) atoms. The van der Waals surface area contributed by atoms with Crippen molar-refractivity contribution in [3.05, 3.63) is 29.6 Å². The average molecular weight is 319 g/mol. The zero-order chi connectivity index (χ0) is 16.5. The van der Waals surface area contributed by atoms with Crippen LogP contribution in [0.15, 0.2) is 12.1 Å². The summed E-state index contributed by atoms with van der Waals surface area (Å²) in [5.74, 6) is -5.75. The lowest BCUT2D eigenvalue weighted by Gasteiger charge is -2.09. The molecule has 0 aliphatic carbocycles. The van der Waals surface area contributed by atoms with E-state index in [4.69, 9.17) is 4.74 Å². The van der Waals surface area contributed by atoms with Crippen LogP contribution in [0.5, 0.6) is 0 Å². The topological polar surface area (TPSA) is 79.5 Å². The number of rotatable bonds is 8. The van der Waals surface area contributed by atoms with Crippen LogP contribution >= 0.6 is 0 Å². The monoisotopic (exact) mass is 319 g/mol. The summed E-state index contributed by atoms with van der Waals surface area (Å²) in [7, 11) is 1.52. The van der Waals surface area contributed by atoms with E-state index in [9.17, 15) is 22.8 Å². The van der Waals surface area contributed by atoms with E-state index in [1.54, 1.807) is 0 Å². The van der Waals surface area contributed by atoms with Gasteiger partial charge in [-0.25, -0.2) is 13.2 Å². The fourth-order valence-corrected chi connectivity index (χ4v) is 1.43. The normalized spacial score (nSPS) is 10.4. The van der Waals surface area contributed by atoms with Gasteiger partial charge in [0, 0.05) is 13.7 Å². The number of anilines is 1. The summed E-state index contributed by atoms with van der Waals surface area (Å²) in [5, 5.41) is 7.08. The smallest absolute Gasteiger partial charge is 0.243 e. The summed E-state index contributed by atoms with van der Waals surface area (Å²) >= 11 is 0. The Kier molecular flexibility index (Phi) is 7.33. The molecule has 2 amide bonds. The minimum Gasteiger partial charge on any atom is -0.383 e. The lowest BCUT2D eigenvalue weighted by atomic mass is 10.2. The quantitative estimate of drug-likeness (QED) is 0.478. The standard InChI is InChI=1S/C13H16F3N3O3/c1-22-5-4-17-6-10(20)18-7-11(21)19-9-3-2-8(14)12(15)13(9)16/h2-3,17H,4-7H2,1H3,(H,18,20)(H,19,21). The molecule has 0 radical (unpaired) electrons. The Bertz CT molecular complexity index is 541. The van der Waals surface area contributed by atoms with Gasteiger partial charge in [0.2, 0.25) is 11.8 Å². The Hall–Kier alpha value is -2.13. The van der Waals surface area contributed by atoms with Crippen molar-refractivity contribution < 1.29 is 27.5 Å². The second-order valence-electron chi connectivity index (χ2n) is 4.22. The first-order valence-electron chi connectivity index (χ1n) is 6.35. The molecule has 0 aromatic heterocycles. The predicted molar refractivity (Wildman–Crippen MR) is 72.7 cm³/mol. The number of hydrogen-bond acceptors (Lipinski definition) is 4. The molecule has 3 N–H and O–H groups in total. The van der Waals surface area contributed by atoms with E-state index in [0.29, 0.717) is 19.2 Å². The number of ether oxygens (including phenoxy) is 1. The van der Waals surface area contributed by atoms with Crippen LogP contribution in [-0.2, 0) is 14.3 Å². The van der Waals surface area contributed by atoms with Gasteiger partial charge in [-0.15, -0.1) is 0 Å². The highest BCUT2D eigenvalue weighted by Crippen LogP contribution is 2.19. The Morgan fingerprint density at radius 3 is 2.50 bits per heavy atom. The van der Waals surface area contributed by atoms with Crippen LogP contribution in [0.2, 0.25) is 0 Å². The molecule has 9 heteroatoms. The Morgan fingerprint density at radius 2 is 1.82 bits per heavy atom. The van der Waals surface area contributed by atoms with Gasteiger partial charge in [-0.05, 0) is 12.1 Å². The highest BCUT2D eigenvalue weighted by atomic mass is 19.2. The first-order chi connectivity index (χ1) is 10.5. The molecule has 1 aromatic carbocycles. The van der Waals surface area contributed by atoms with E-state index in [1.165, 1.54) is 7.11 Å². The molecular formula is C13H16F3N3O3. The molecule has 0 atom stereocenters. The summed E-state index contributed by atoms with van der Waals surface area (Å²) < 4.78 is 43.8. The molecule has 0 saturated heterocycles. The van der Waals surface area contributed by atoms with Crippen molar-refractivity contribution in [2.75, 3.05) is 38.7 Å². The number of amides is 2. The van der Waals surface area contributed by atoms with Gasteiger partial charge in [-0.3, -0.25) is 9.59 Å². The van der Waals surface area contributed by atoms with Crippen molar-refractivity contribution in [1.82, 2.24) is 10.6 Å². The predicted octanol–water partition coefficient (Wildman–Crippen LogP) is 0.395. The van der Waals surface area contributed by atoms with Crippen molar-refractivity contribution in [3.8, 4) is 0 Å². The molecule has 0 aliphatic rings. The number of benzene rings is 1. The summed E-state index contributed by atoms with van der Waals surface area (Å²) in [5.41, 5.74) is -0.503. The molecule has 122 valence electrons. The second kappa shape index (κ2) is 9.00. The van der Waals surface area contributed by atoms with Gasteiger partial charge in [-0.1, -0.05) is 0 Å². The molecular weight excluding hydrogens is 303 g/mol. The first kappa shape index (κ1) is 17.9. The highest BCUT2D eigenvalue weighted by Gasteiger charge is 2.15. The lowest BCUT2D eigenvalue weighted by Crippen LogP contribution is -2.39. The van der Waals surface area contributed by atoms with Gasteiger partial charge in [0.25, 0.3) is 0 Å². The van der Waals surface area contributed by atoms with Crippen LogP contribution < -0.4 is 16.0 Å². The molecule has 6 nitrogen and oxygen atoms in total. The van der Waals surface area contributed by atoms with E-state index in [2.05, 4.69) is 10.6 Å². The van der Waals surface area contributed by atoms with Gasteiger partial charge in [0.15, 0.2) is 17.5 Å². The van der Waals surface area contributed by atoms with Crippen LogP contribution in [0.3, 0.4) is 0 Å². The van der Waals surface area contributed by atoms with E-state index in [-0.39, 0.29) is 6.54 Å². The van der Waals surface area contributed by atoms with Gasteiger partial charge >= 0.3 is 0 Å². The van der Waals surface area contributed by atoms with Crippen LogP contribution in [0, 0.1) is 17.5 Å². The largest absolute Gasteiger partial charge is 0.383 e. The van der Waals surface area contributed by atoms with Gasteiger partial charge < -0.3 is 20.7 Å². The molecule has 0 aliphatic heterocycles. The number of nitrogens with one attached hydrogen (secondary N) is 3. The summed E-state index contributed by atoms with van der Waals surface area (Å²) in [6.45, 7) is 0.457. The van der Waals surface area contributed by atoms with Crippen molar-refractivity contribution >= 4 is 17.5 Å². The second-order valence-corrected chi connectivity index (χ2v) is 4.22. The Morgan fingerprint density at radius 1 is 1.09 bits per heavy atom.